The van der Waals surface area contributed by atoms with Gasteiger partial charge in [-0.15, -0.1) is 0 Å². The van der Waals surface area contributed by atoms with Gasteiger partial charge in [-0.3, -0.25) is 4.79 Å². The number of carbonyl (C=O) groups excluding carboxylic acids is 1. The van der Waals surface area contributed by atoms with E-state index in [0.29, 0.717) is 6.54 Å². The molecule has 1 saturated heterocycles. The topological polar surface area (TPSA) is 41.6 Å². The second kappa shape index (κ2) is 10.5. The van der Waals surface area contributed by atoms with Gasteiger partial charge in [0, 0.05) is 18.0 Å². The third kappa shape index (κ3) is 6.39. The van der Waals surface area contributed by atoms with E-state index in [9.17, 15) is 4.79 Å². The zero-order valence-electron chi connectivity index (χ0n) is 17.5. The molecule has 150 valence electrons. The van der Waals surface area contributed by atoms with E-state index >= 15 is 0 Å². The average molecular weight is 373 g/mol. The van der Waals surface area contributed by atoms with Crippen LogP contribution in [-0.2, 0) is 10.2 Å². The summed E-state index contributed by atoms with van der Waals surface area (Å²) >= 11 is 0. The van der Waals surface area contributed by atoms with E-state index in [2.05, 4.69) is 35.3 Å². The molecule has 1 amide bonds. The Balaban J connectivity index is 2.20. The normalized spacial score (nSPS) is 17.0. The zero-order chi connectivity index (χ0) is 19.7. The highest BCUT2D eigenvalue weighted by molar-refractivity contribution is 5.88. The van der Waals surface area contributed by atoms with Crippen LogP contribution in [0.1, 0.15) is 58.4 Å². The fraction of sp³-hybridized carbons (Fsp3) is 0.609. The van der Waals surface area contributed by atoms with E-state index in [4.69, 9.17) is 4.74 Å². The van der Waals surface area contributed by atoms with Crippen molar-refractivity contribution < 1.29 is 9.53 Å². The van der Waals surface area contributed by atoms with Gasteiger partial charge >= 0.3 is 0 Å². The number of nitrogens with zero attached hydrogens (tertiary/aromatic N) is 1. The molecule has 1 aliphatic heterocycles. The standard InChI is InChI=1S/C23H36N2O2/c1-5-23(18-24-22(26)16-19(2)3,12-15-25-13-7-6-8-14-25)20-10-9-11-21(17-20)27-4/h9-11,16-17H,5-8,12-15,18H2,1-4H3,(H,24,26). The number of piperidine rings is 1. The lowest BCUT2D eigenvalue weighted by molar-refractivity contribution is -0.116. The van der Waals surface area contributed by atoms with Gasteiger partial charge in [-0.25, -0.2) is 0 Å². The Labute approximate surface area is 165 Å². The summed E-state index contributed by atoms with van der Waals surface area (Å²) in [6, 6.07) is 8.34. The highest BCUT2D eigenvalue weighted by Crippen LogP contribution is 2.34. The van der Waals surface area contributed by atoms with Gasteiger partial charge in [-0.1, -0.05) is 31.1 Å². The molecule has 2 rings (SSSR count). The fourth-order valence-corrected chi connectivity index (χ4v) is 3.92. The number of likely N-dealkylation sites (tertiary alicyclic amines) is 1. The van der Waals surface area contributed by atoms with E-state index in [1.54, 1.807) is 13.2 Å². The van der Waals surface area contributed by atoms with Crippen molar-refractivity contribution in [3.05, 3.63) is 41.5 Å². The lowest BCUT2D eigenvalue weighted by Gasteiger charge is -2.37. The van der Waals surface area contributed by atoms with Crippen molar-refractivity contribution in [1.82, 2.24) is 10.2 Å². The Morgan fingerprint density at radius 2 is 2.00 bits per heavy atom. The molecule has 0 saturated carbocycles. The monoisotopic (exact) mass is 372 g/mol. The number of rotatable bonds is 9. The summed E-state index contributed by atoms with van der Waals surface area (Å²) in [5.41, 5.74) is 2.18. The summed E-state index contributed by atoms with van der Waals surface area (Å²) in [5.74, 6) is 0.868. The third-order valence-corrected chi connectivity index (χ3v) is 5.73. The molecule has 1 aromatic rings. The van der Waals surface area contributed by atoms with Crippen LogP contribution in [0.4, 0.5) is 0 Å². The van der Waals surface area contributed by atoms with Gasteiger partial charge in [0.1, 0.15) is 5.75 Å². The minimum Gasteiger partial charge on any atom is -0.497 e. The molecule has 0 radical (unpaired) electrons. The molecule has 0 aromatic heterocycles. The SMILES string of the molecule is CCC(CCN1CCCCC1)(CNC(=O)C=C(C)C)c1cccc(OC)c1. The molecule has 1 aromatic carbocycles. The number of nitrogens with one attached hydrogen (secondary N) is 1. The fourth-order valence-electron chi connectivity index (χ4n) is 3.92. The summed E-state index contributed by atoms with van der Waals surface area (Å²) in [5, 5.41) is 3.15. The van der Waals surface area contributed by atoms with E-state index in [0.717, 1.165) is 30.7 Å². The number of benzene rings is 1. The predicted molar refractivity (Wildman–Crippen MR) is 112 cm³/mol. The van der Waals surface area contributed by atoms with Gasteiger partial charge in [0.2, 0.25) is 5.91 Å². The molecule has 1 atom stereocenters. The molecule has 4 nitrogen and oxygen atoms in total. The molecule has 0 bridgehead atoms. The van der Waals surface area contributed by atoms with E-state index in [1.807, 2.05) is 19.9 Å². The van der Waals surface area contributed by atoms with Crippen LogP contribution in [0.15, 0.2) is 35.9 Å². The van der Waals surface area contributed by atoms with Gasteiger partial charge in [0.15, 0.2) is 0 Å². The maximum Gasteiger partial charge on any atom is 0.243 e. The van der Waals surface area contributed by atoms with Gasteiger partial charge in [0.25, 0.3) is 0 Å². The number of ether oxygens (including phenoxy) is 1. The smallest absolute Gasteiger partial charge is 0.243 e. The quantitative estimate of drug-likeness (QED) is 0.657. The Morgan fingerprint density at radius 1 is 1.26 bits per heavy atom. The molecular formula is C23H36N2O2. The number of methoxy groups -OCH3 is 1. The lowest BCUT2D eigenvalue weighted by Crippen LogP contribution is -2.43. The summed E-state index contributed by atoms with van der Waals surface area (Å²) in [6.45, 7) is 10.2. The zero-order valence-corrected chi connectivity index (χ0v) is 17.5. The first kappa shape index (κ1) is 21.5. The van der Waals surface area contributed by atoms with Gasteiger partial charge < -0.3 is 15.0 Å². The number of hydrogen-bond acceptors (Lipinski definition) is 3. The van der Waals surface area contributed by atoms with Crippen molar-refractivity contribution in [3.63, 3.8) is 0 Å². The molecule has 4 heteroatoms. The molecular weight excluding hydrogens is 336 g/mol. The summed E-state index contributed by atoms with van der Waals surface area (Å²) < 4.78 is 5.46. The van der Waals surface area contributed by atoms with Crippen LogP contribution in [0.5, 0.6) is 5.75 Å². The molecule has 0 spiro atoms. The van der Waals surface area contributed by atoms with Gasteiger partial charge in [0.05, 0.1) is 7.11 Å². The summed E-state index contributed by atoms with van der Waals surface area (Å²) in [4.78, 5) is 14.8. The van der Waals surface area contributed by atoms with Crippen LogP contribution in [0.25, 0.3) is 0 Å². The Bertz CT molecular complexity index is 631. The minimum absolute atomic E-state index is 0.00584. The minimum atomic E-state index is -0.0862. The molecule has 1 unspecified atom stereocenters. The van der Waals surface area contributed by atoms with Crippen LogP contribution >= 0.6 is 0 Å². The second-order valence-electron chi connectivity index (χ2n) is 7.96. The molecule has 1 aliphatic rings. The summed E-state index contributed by atoms with van der Waals surface area (Å²) in [6.07, 6.45) is 7.64. The van der Waals surface area contributed by atoms with Gasteiger partial charge in [-0.05, 0) is 76.9 Å². The number of allylic oxidation sites excluding steroid dienone is 1. The van der Waals surface area contributed by atoms with Crippen molar-refractivity contribution in [2.75, 3.05) is 33.3 Å². The van der Waals surface area contributed by atoms with Crippen LogP contribution in [-0.4, -0.2) is 44.1 Å². The van der Waals surface area contributed by atoms with Crippen molar-refractivity contribution >= 4 is 5.91 Å². The first-order chi connectivity index (χ1) is 13.0. The highest BCUT2D eigenvalue weighted by atomic mass is 16.5. The van der Waals surface area contributed by atoms with E-state index in [-0.39, 0.29) is 11.3 Å². The van der Waals surface area contributed by atoms with E-state index in [1.165, 1.54) is 37.9 Å². The highest BCUT2D eigenvalue weighted by Gasteiger charge is 2.32. The number of hydrogen-bond donors (Lipinski definition) is 1. The number of amides is 1. The second-order valence-corrected chi connectivity index (χ2v) is 7.96. The lowest BCUT2D eigenvalue weighted by atomic mass is 9.74. The molecule has 1 fully saturated rings. The van der Waals surface area contributed by atoms with Crippen molar-refractivity contribution in [3.8, 4) is 5.75 Å². The Hall–Kier alpha value is -1.81. The predicted octanol–water partition coefficient (Wildman–Crippen LogP) is 4.30. The first-order valence-electron chi connectivity index (χ1n) is 10.3. The molecule has 27 heavy (non-hydrogen) atoms. The molecule has 1 heterocycles. The van der Waals surface area contributed by atoms with E-state index < -0.39 is 0 Å². The average Bonchev–Trinajstić information content (AvgIpc) is 2.69. The van der Waals surface area contributed by atoms with Crippen LogP contribution < -0.4 is 10.1 Å². The van der Waals surface area contributed by atoms with Crippen LogP contribution in [0, 0.1) is 0 Å². The first-order valence-corrected chi connectivity index (χ1v) is 10.3. The summed E-state index contributed by atoms with van der Waals surface area (Å²) in [7, 11) is 1.71. The van der Waals surface area contributed by atoms with Crippen LogP contribution in [0.3, 0.4) is 0 Å². The third-order valence-electron chi connectivity index (χ3n) is 5.73. The largest absolute Gasteiger partial charge is 0.497 e. The maximum atomic E-state index is 12.3. The maximum absolute atomic E-state index is 12.3. The van der Waals surface area contributed by atoms with Crippen molar-refractivity contribution in [2.45, 2.75) is 58.3 Å². The molecule has 0 aliphatic carbocycles. The molecule has 1 N–H and O–H groups in total. The number of carbonyl (C=O) groups is 1. The Morgan fingerprint density at radius 3 is 2.63 bits per heavy atom. The Kier molecular flexibility index (Phi) is 8.36. The van der Waals surface area contributed by atoms with Crippen molar-refractivity contribution in [2.24, 2.45) is 0 Å². The van der Waals surface area contributed by atoms with Crippen LogP contribution in [0.2, 0.25) is 0 Å². The van der Waals surface area contributed by atoms with Gasteiger partial charge in [-0.2, -0.15) is 0 Å². The van der Waals surface area contributed by atoms with Crippen molar-refractivity contribution in [1.29, 1.82) is 0 Å².